The average molecular weight is 250 g/mol. The lowest BCUT2D eigenvalue weighted by atomic mass is 10.0. The van der Waals surface area contributed by atoms with Crippen LogP contribution in [-0.2, 0) is 4.74 Å². The number of carbonyl (C=O) groups excluding carboxylic acids is 1. The number of nitrogens with one attached hydrogen (secondary N) is 2. The summed E-state index contributed by atoms with van der Waals surface area (Å²) in [6, 6.07) is -0.109. The molecule has 0 aromatic carbocycles. The molecule has 0 saturated carbocycles. The number of ether oxygens (including phenoxy) is 1. The maximum Gasteiger partial charge on any atom is 0.407 e. The predicted molar refractivity (Wildman–Crippen MR) is 60.2 cm³/mol. The monoisotopic (exact) mass is 250 g/mol. The molecule has 0 radical (unpaired) electrons. The van der Waals surface area contributed by atoms with Gasteiger partial charge in [-0.1, -0.05) is 0 Å². The zero-order chi connectivity index (χ0) is 13.1. The van der Waals surface area contributed by atoms with Crippen LogP contribution in [0, 0.1) is 0 Å². The Morgan fingerprint density at radius 3 is 2.65 bits per heavy atom. The first-order chi connectivity index (χ1) is 7.68. The Morgan fingerprint density at radius 2 is 2.18 bits per heavy atom. The highest BCUT2D eigenvalue weighted by Crippen LogP contribution is 2.24. The molecule has 100 valence electrons. The number of hydrogen-bond donors (Lipinski definition) is 2. The molecule has 0 spiro atoms. The SMILES string of the molecule is CC(C)(C)OC(=O)NC[C@@H]1CCC(F)(F)CN1. The lowest BCUT2D eigenvalue weighted by Crippen LogP contribution is -2.50. The van der Waals surface area contributed by atoms with E-state index in [1.165, 1.54) is 0 Å². The van der Waals surface area contributed by atoms with Gasteiger partial charge in [0, 0.05) is 19.0 Å². The van der Waals surface area contributed by atoms with Gasteiger partial charge in [0.05, 0.1) is 6.54 Å². The molecule has 0 aliphatic carbocycles. The average Bonchev–Trinajstić information content (AvgIpc) is 2.13. The van der Waals surface area contributed by atoms with Crippen LogP contribution in [0.4, 0.5) is 13.6 Å². The van der Waals surface area contributed by atoms with Gasteiger partial charge in [-0.05, 0) is 27.2 Å². The zero-order valence-electron chi connectivity index (χ0n) is 10.5. The number of halogens is 2. The van der Waals surface area contributed by atoms with Crippen LogP contribution in [0.15, 0.2) is 0 Å². The lowest BCUT2D eigenvalue weighted by Gasteiger charge is -2.30. The van der Waals surface area contributed by atoms with E-state index >= 15 is 0 Å². The molecule has 1 aliphatic heterocycles. The number of carbonyl (C=O) groups is 1. The van der Waals surface area contributed by atoms with Crippen molar-refractivity contribution in [1.82, 2.24) is 10.6 Å². The van der Waals surface area contributed by atoms with Crippen LogP contribution in [0.5, 0.6) is 0 Å². The van der Waals surface area contributed by atoms with Gasteiger partial charge in [-0.15, -0.1) is 0 Å². The molecule has 1 amide bonds. The molecule has 2 N–H and O–H groups in total. The maximum atomic E-state index is 12.8. The molecule has 1 aliphatic rings. The maximum absolute atomic E-state index is 12.8. The number of rotatable bonds is 2. The number of piperidine rings is 1. The Kier molecular flexibility index (Phi) is 4.30. The smallest absolute Gasteiger partial charge is 0.407 e. The van der Waals surface area contributed by atoms with E-state index in [2.05, 4.69) is 10.6 Å². The van der Waals surface area contributed by atoms with E-state index in [1.54, 1.807) is 20.8 Å². The van der Waals surface area contributed by atoms with Gasteiger partial charge in [0.15, 0.2) is 0 Å². The molecule has 4 nitrogen and oxygen atoms in total. The van der Waals surface area contributed by atoms with E-state index < -0.39 is 17.6 Å². The summed E-state index contributed by atoms with van der Waals surface area (Å²) in [5.74, 6) is -2.62. The van der Waals surface area contributed by atoms with Crippen LogP contribution >= 0.6 is 0 Å². The third-order valence-electron chi connectivity index (χ3n) is 2.40. The van der Waals surface area contributed by atoms with Crippen molar-refractivity contribution in [3.8, 4) is 0 Å². The summed E-state index contributed by atoms with van der Waals surface area (Å²) in [6.45, 7) is 5.29. The van der Waals surface area contributed by atoms with Crippen molar-refractivity contribution >= 4 is 6.09 Å². The topological polar surface area (TPSA) is 50.4 Å². The van der Waals surface area contributed by atoms with Crippen molar-refractivity contribution in [1.29, 1.82) is 0 Å². The van der Waals surface area contributed by atoms with Gasteiger partial charge in [0.25, 0.3) is 5.92 Å². The fraction of sp³-hybridized carbons (Fsp3) is 0.909. The van der Waals surface area contributed by atoms with Crippen molar-refractivity contribution in [2.45, 2.75) is 51.2 Å². The summed E-state index contributed by atoms with van der Waals surface area (Å²) in [5.41, 5.74) is -0.545. The summed E-state index contributed by atoms with van der Waals surface area (Å²) in [6.07, 6.45) is -0.305. The fourth-order valence-corrected chi connectivity index (χ4v) is 1.56. The van der Waals surface area contributed by atoms with Crippen LogP contribution in [0.1, 0.15) is 33.6 Å². The van der Waals surface area contributed by atoms with E-state index in [0.29, 0.717) is 13.0 Å². The summed E-state index contributed by atoms with van der Waals surface area (Å²) in [5, 5.41) is 5.27. The molecular formula is C11H20F2N2O2. The van der Waals surface area contributed by atoms with Crippen LogP contribution in [-0.4, -0.2) is 36.7 Å². The van der Waals surface area contributed by atoms with E-state index in [0.717, 1.165) is 0 Å². The molecule has 0 unspecified atom stereocenters. The Bertz CT molecular complexity index is 267. The summed E-state index contributed by atoms with van der Waals surface area (Å²) < 4.78 is 30.7. The molecule has 1 fully saturated rings. The fourth-order valence-electron chi connectivity index (χ4n) is 1.56. The molecule has 17 heavy (non-hydrogen) atoms. The van der Waals surface area contributed by atoms with E-state index in [1.807, 2.05) is 0 Å². The first kappa shape index (κ1) is 14.2. The minimum Gasteiger partial charge on any atom is -0.444 e. The lowest BCUT2D eigenvalue weighted by molar-refractivity contribution is -0.0299. The first-order valence-corrected chi connectivity index (χ1v) is 5.76. The minimum absolute atomic E-state index is 0.109. The van der Waals surface area contributed by atoms with Gasteiger partial charge < -0.3 is 15.4 Å². The Morgan fingerprint density at radius 1 is 1.53 bits per heavy atom. The summed E-state index contributed by atoms with van der Waals surface area (Å²) >= 11 is 0. The highest BCUT2D eigenvalue weighted by molar-refractivity contribution is 5.67. The first-order valence-electron chi connectivity index (χ1n) is 5.76. The Hall–Kier alpha value is -0.910. The van der Waals surface area contributed by atoms with Crippen LogP contribution < -0.4 is 10.6 Å². The van der Waals surface area contributed by atoms with E-state index in [9.17, 15) is 13.6 Å². The van der Waals surface area contributed by atoms with Crippen molar-refractivity contribution in [3.05, 3.63) is 0 Å². The highest BCUT2D eigenvalue weighted by atomic mass is 19.3. The third kappa shape index (κ3) is 5.81. The van der Waals surface area contributed by atoms with Crippen molar-refractivity contribution in [3.63, 3.8) is 0 Å². The normalized spacial score (nSPS) is 24.2. The predicted octanol–water partition coefficient (Wildman–Crippen LogP) is 1.90. The number of amides is 1. The number of hydrogen-bond acceptors (Lipinski definition) is 3. The highest BCUT2D eigenvalue weighted by Gasteiger charge is 2.34. The van der Waals surface area contributed by atoms with Crippen molar-refractivity contribution in [2.24, 2.45) is 0 Å². The molecule has 1 saturated heterocycles. The Labute approximate surface area is 100 Å². The van der Waals surface area contributed by atoms with Gasteiger partial charge >= 0.3 is 6.09 Å². The molecule has 1 heterocycles. The molecule has 0 aromatic heterocycles. The Balaban J connectivity index is 2.22. The summed E-state index contributed by atoms with van der Waals surface area (Å²) in [4.78, 5) is 11.3. The van der Waals surface area contributed by atoms with Crippen LogP contribution in [0.3, 0.4) is 0 Å². The standard InChI is InChI=1S/C11H20F2N2O2/c1-10(2,3)17-9(16)14-6-8-4-5-11(12,13)7-15-8/h8,15H,4-7H2,1-3H3,(H,14,16)/t8-/m0/s1. The van der Waals surface area contributed by atoms with Gasteiger partial charge in [-0.25, -0.2) is 13.6 Å². The summed E-state index contributed by atoms with van der Waals surface area (Å²) in [7, 11) is 0. The minimum atomic E-state index is -2.62. The third-order valence-corrected chi connectivity index (χ3v) is 2.40. The van der Waals surface area contributed by atoms with E-state index in [-0.39, 0.29) is 19.0 Å². The zero-order valence-corrected chi connectivity index (χ0v) is 10.5. The van der Waals surface area contributed by atoms with Crippen LogP contribution in [0.2, 0.25) is 0 Å². The van der Waals surface area contributed by atoms with Crippen LogP contribution in [0.25, 0.3) is 0 Å². The second kappa shape index (κ2) is 5.16. The molecule has 0 bridgehead atoms. The molecule has 1 rings (SSSR count). The van der Waals surface area contributed by atoms with Gasteiger partial charge in [-0.2, -0.15) is 0 Å². The van der Waals surface area contributed by atoms with E-state index in [4.69, 9.17) is 4.74 Å². The second-order valence-electron chi connectivity index (χ2n) is 5.36. The number of alkyl carbamates (subject to hydrolysis) is 1. The van der Waals surface area contributed by atoms with Gasteiger partial charge in [-0.3, -0.25) is 0 Å². The molecule has 1 atom stereocenters. The molecule has 0 aromatic rings. The van der Waals surface area contributed by atoms with Gasteiger partial charge in [0.1, 0.15) is 5.60 Å². The van der Waals surface area contributed by atoms with Crippen molar-refractivity contribution < 1.29 is 18.3 Å². The quantitative estimate of drug-likeness (QED) is 0.787. The largest absolute Gasteiger partial charge is 0.444 e. The van der Waals surface area contributed by atoms with Gasteiger partial charge in [0.2, 0.25) is 0 Å². The van der Waals surface area contributed by atoms with Crippen molar-refractivity contribution in [2.75, 3.05) is 13.1 Å². The molecular weight excluding hydrogens is 230 g/mol. The second-order valence-corrected chi connectivity index (χ2v) is 5.36. The molecule has 6 heteroatoms. The number of alkyl halides is 2.